The Morgan fingerprint density at radius 1 is 1.00 bits per heavy atom. The second-order valence-electron chi connectivity index (χ2n) is 7.19. The molecule has 2 bridgehead atoms. The largest absolute Gasteiger partial charge is 0.235 e. The zero-order valence-electron chi connectivity index (χ0n) is 12.1. The number of hydrogen-bond acceptors (Lipinski definition) is 0. The zero-order chi connectivity index (χ0) is 12.5. The molecule has 0 aromatic heterocycles. The molecule has 2 fully saturated rings. The van der Waals surface area contributed by atoms with Gasteiger partial charge in [-0.2, -0.15) is 5.82 Å². The minimum absolute atomic E-state index is 0.738. The molecule has 2 heteroatoms. The van der Waals surface area contributed by atoms with Gasteiger partial charge in [0.2, 0.25) is 6.71 Å². The average Bonchev–Trinajstić information content (AvgIpc) is 2.44. The van der Waals surface area contributed by atoms with Crippen LogP contribution in [0.4, 0.5) is 0 Å². The summed E-state index contributed by atoms with van der Waals surface area (Å²) in [5.41, 5.74) is 0.963. The molecule has 0 amide bonds. The Morgan fingerprint density at radius 3 is 2.06 bits per heavy atom. The smallest absolute Gasteiger partial charge is 0.155 e. The topological polar surface area (TPSA) is 0 Å². The van der Waals surface area contributed by atoms with E-state index >= 15 is 0 Å². The van der Waals surface area contributed by atoms with Gasteiger partial charge in [-0.15, -0.1) is 5.92 Å². The van der Waals surface area contributed by atoms with Crippen molar-refractivity contribution in [2.75, 3.05) is 0 Å². The van der Waals surface area contributed by atoms with Crippen LogP contribution in [0.5, 0.6) is 0 Å². The predicted octanol–water partition coefficient (Wildman–Crippen LogP) is 4.65. The first-order valence-corrected chi connectivity index (χ1v) is 11.0. The molecule has 17 heavy (non-hydrogen) atoms. The molecule has 2 rings (SSSR count). The lowest BCUT2D eigenvalue weighted by Gasteiger charge is -2.37. The van der Waals surface area contributed by atoms with E-state index in [9.17, 15) is 0 Å². The fourth-order valence-electron chi connectivity index (χ4n) is 4.50. The van der Waals surface area contributed by atoms with E-state index in [0.29, 0.717) is 0 Å². The summed E-state index contributed by atoms with van der Waals surface area (Å²) in [5.74, 6) is 8.81. The van der Waals surface area contributed by atoms with E-state index < -0.39 is 8.07 Å². The van der Waals surface area contributed by atoms with E-state index in [1.165, 1.54) is 38.5 Å². The summed E-state index contributed by atoms with van der Waals surface area (Å²) in [6.07, 6.45) is 8.84. The van der Waals surface area contributed by atoms with Crippen LogP contribution >= 0.6 is 0 Å². The van der Waals surface area contributed by atoms with Crippen LogP contribution in [0.1, 0.15) is 45.4 Å². The van der Waals surface area contributed by atoms with Gasteiger partial charge in [0.25, 0.3) is 0 Å². The Hall–Kier alpha value is -0.158. The maximum Gasteiger partial charge on any atom is 0.235 e. The van der Waals surface area contributed by atoms with E-state index in [1.807, 2.05) is 6.92 Å². The average molecular weight is 246 g/mol. The van der Waals surface area contributed by atoms with Crippen LogP contribution in [0.15, 0.2) is 0 Å². The van der Waals surface area contributed by atoms with Gasteiger partial charge in [0, 0.05) is 8.07 Å². The Balaban J connectivity index is 2.37. The first kappa shape index (κ1) is 13.3. The fourth-order valence-corrected chi connectivity index (χ4v) is 7.68. The third-order valence-electron chi connectivity index (χ3n) is 5.01. The van der Waals surface area contributed by atoms with Gasteiger partial charge in [0.15, 0.2) is 0 Å². The van der Waals surface area contributed by atoms with Crippen molar-refractivity contribution in [2.24, 2.45) is 5.92 Å². The third kappa shape index (κ3) is 2.81. The molecule has 0 unspecified atom stereocenters. The van der Waals surface area contributed by atoms with Gasteiger partial charge in [0.05, 0.1) is 0 Å². The Bertz CT molecular complexity index is 310. The standard InChI is InChI=1S/C15H27BSi/c1-5-12-16-14-10-6-8-13(9-7-11-14)15(16)17(2,3)4/h13-15H,6-11H2,1-4H3/t13?,14?,15-/m0/s1. The number of fused-ring (bicyclic) bond motifs is 3. The molecular weight excluding hydrogens is 219 g/mol. The van der Waals surface area contributed by atoms with Gasteiger partial charge in [-0.05, 0) is 18.7 Å². The highest BCUT2D eigenvalue weighted by Gasteiger charge is 2.46. The third-order valence-corrected chi connectivity index (χ3v) is 7.84. The molecule has 94 valence electrons. The molecule has 0 spiro atoms. The van der Waals surface area contributed by atoms with E-state index in [1.54, 1.807) is 0 Å². The summed E-state index contributed by atoms with van der Waals surface area (Å²) in [6.45, 7) is 10.5. The molecule has 2 aliphatic heterocycles. The van der Waals surface area contributed by atoms with Gasteiger partial charge in [-0.1, -0.05) is 63.6 Å². The van der Waals surface area contributed by atoms with Crippen LogP contribution < -0.4 is 0 Å². The van der Waals surface area contributed by atoms with Crippen molar-refractivity contribution in [1.82, 2.24) is 0 Å². The van der Waals surface area contributed by atoms with Gasteiger partial charge in [-0.3, -0.25) is 0 Å². The summed E-state index contributed by atoms with van der Waals surface area (Å²) >= 11 is 0. The Kier molecular flexibility index (Phi) is 4.08. The summed E-state index contributed by atoms with van der Waals surface area (Å²) in [6, 6.07) is 0. The van der Waals surface area contributed by atoms with Crippen LogP contribution in [-0.4, -0.2) is 14.8 Å². The molecule has 2 aliphatic rings. The van der Waals surface area contributed by atoms with Crippen LogP contribution in [0.25, 0.3) is 0 Å². The second kappa shape index (κ2) is 5.23. The molecule has 2 heterocycles. The maximum atomic E-state index is 3.64. The molecular formula is C15H27BSi. The SMILES string of the molecule is CC#CB1C2CCCC(CCC2)[C@@H]1[Si](C)(C)C. The fraction of sp³-hybridized carbons (Fsp3) is 0.867. The number of rotatable bonds is 1. The first-order valence-electron chi connectivity index (χ1n) is 7.46. The van der Waals surface area contributed by atoms with Crippen molar-refractivity contribution < 1.29 is 0 Å². The lowest BCUT2D eigenvalue weighted by Crippen LogP contribution is -2.43. The van der Waals surface area contributed by atoms with Crippen molar-refractivity contribution in [1.29, 1.82) is 0 Å². The quantitative estimate of drug-likeness (QED) is 0.467. The summed E-state index contributed by atoms with van der Waals surface area (Å²) in [7, 11) is -1.08. The van der Waals surface area contributed by atoms with Gasteiger partial charge >= 0.3 is 0 Å². The lowest BCUT2D eigenvalue weighted by molar-refractivity contribution is 0.411. The second-order valence-corrected chi connectivity index (χ2v) is 12.6. The maximum absolute atomic E-state index is 3.64. The van der Waals surface area contributed by atoms with Crippen molar-refractivity contribution in [3.63, 3.8) is 0 Å². The summed E-state index contributed by atoms with van der Waals surface area (Å²) in [4.78, 5) is 0. The molecule has 0 radical (unpaired) electrons. The Morgan fingerprint density at radius 2 is 1.59 bits per heavy atom. The van der Waals surface area contributed by atoms with E-state index in [0.717, 1.165) is 23.9 Å². The molecule has 0 aliphatic carbocycles. The highest BCUT2D eigenvalue weighted by molar-refractivity contribution is 6.93. The van der Waals surface area contributed by atoms with Gasteiger partial charge in [-0.25, -0.2) is 0 Å². The summed E-state index contributed by atoms with van der Waals surface area (Å²) < 4.78 is 0. The van der Waals surface area contributed by atoms with Crippen LogP contribution in [0.2, 0.25) is 30.9 Å². The van der Waals surface area contributed by atoms with Crippen molar-refractivity contribution in [3.05, 3.63) is 0 Å². The molecule has 0 nitrogen and oxygen atoms in total. The molecule has 0 aromatic rings. The number of hydrogen-bond donors (Lipinski definition) is 0. The Labute approximate surface area is 109 Å². The molecule has 0 aromatic carbocycles. The molecule has 2 saturated heterocycles. The highest BCUT2D eigenvalue weighted by Crippen LogP contribution is 2.49. The normalized spacial score (nSPS) is 33.6. The lowest BCUT2D eigenvalue weighted by atomic mass is 9.38. The molecule has 0 N–H and O–H groups in total. The van der Waals surface area contributed by atoms with E-state index in [-0.39, 0.29) is 0 Å². The first-order chi connectivity index (χ1) is 8.04. The molecule has 1 atom stereocenters. The van der Waals surface area contributed by atoms with E-state index in [2.05, 4.69) is 31.4 Å². The van der Waals surface area contributed by atoms with Crippen molar-refractivity contribution >= 4 is 14.8 Å². The van der Waals surface area contributed by atoms with Gasteiger partial charge < -0.3 is 0 Å². The minimum Gasteiger partial charge on any atom is -0.155 e. The highest BCUT2D eigenvalue weighted by atomic mass is 28.3. The minimum atomic E-state index is -1.08. The van der Waals surface area contributed by atoms with Crippen molar-refractivity contribution in [3.8, 4) is 11.7 Å². The van der Waals surface area contributed by atoms with E-state index in [4.69, 9.17) is 0 Å². The van der Waals surface area contributed by atoms with Crippen molar-refractivity contribution in [2.45, 2.75) is 76.3 Å². The van der Waals surface area contributed by atoms with Crippen LogP contribution in [-0.2, 0) is 0 Å². The van der Waals surface area contributed by atoms with Gasteiger partial charge in [0.1, 0.15) is 0 Å². The molecule has 0 saturated carbocycles. The monoisotopic (exact) mass is 246 g/mol. The summed E-state index contributed by atoms with van der Waals surface area (Å²) in [5, 5.41) is 0. The zero-order valence-corrected chi connectivity index (χ0v) is 13.1. The van der Waals surface area contributed by atoms with Crippen LogP contribution in [0.3, 0.4) is 0 Å². The predicted molar refractivity (Wildman–Crippen MR) is 81.2 cm³/mol. The van der Waals surface area contributed by atoms with Crippen LogP contribution in [0, 0.1) is 17.7 Å².